The molecule has 1 aromatic heterocycles. The number of carbonyl (C=O) groups excluding carboxylic acids is 1. The first-order valence-corrected chi connectivity index (χ1v) is 12.7. The molecule has 1 aromatic carbocycles. The maximum atomic E-state index is 13.2. The summed E-state index contributed by atoms with van der Waals surface area (Å²) in [6, 6.07) is 6.58. The number of fused-ring (bicyclic) bond motifs is 3. The lowest BCUT2D eigenvalue weighted by molar-refractivity contribution is -0.137. The topological polar surface area (TPSA) is 66.4 Å². The second-order valence-electron chi connectivity index (χ2n) is 10.3. The summed E-state index contributed by atoms with van der Waals surface area (Å²) < 4.78 is 1.17. The fourth-order valence-electron chi connectivity index (χ4n) is 6.09. The van der Waals surface area contributed by atoms with Crippen molar-refractivity contribution in [2.24, 2.45) is 23.2 Å². The number of hydrogen-bond acceptors (Lipinski definition) is 3. The fourth-order valence-corrected chi connectivity index (χ4v) is 7.01. The van der Waals surface area contributed by atoms with E-state index in [1.165, 1.54) is 16.7 Å². The Hall–Kier alpha value is -1.88. The molecule has 2 N–H and O–H groups in total. The Morgan fingerprint density at radius 2 is 1.94 bits per heavy atom. The smallest absolute Gasteiger partial charge is 0.303 e. The van der Waals surface area contributed by atoms with Gasteiger partial charge in [0.05, 0.1) is 5.56 Å². The summed E-state index contributed by atoms with van der Waals surface area (Å²) in [6.45, 7) is 6.87. The molecule has 0 aliphatic heterocycles. The second kappa shape index (κ2) is 8.93. The number of benzene rings is 1. The van der Waals surface area contributed by atoms with E-state index in [0.717, 1.165) is 49.5 Å². The third-order valence-corrected chi connectivity index (χ3v) is 9.05. The van der Waals surface area contributed by atoms with E-state index in [0.29, 0.717) is 23.2 Å². The van der Waals surface area contributed by atoms with Gasteiger partial charge in [0.1, 0.15) is 0 Å². The zero-order valence-corrected chi connectivity index (χ0v) is 19.8. The highest BCUT2D eigenvalue weighted by Gasteiger charge is 2.57. The van der Waals surface area contributed by atoms with Crippen LogP contribution in [0.5, 0.6) is 0 Å². The third kappa shape index (κ3) is 4.52. The fraction of sp³-hybridized carbons (Fsp3) is 0.615. The summed E-state index contributed by atoms with van der Waals surface area (Å²) in [6.07, 6.45) is 7.72. The van der Waals surface area contributed by atoms with Crippen molar-refractivity contribution in [2.45, 2.75) is 78.2 Å². The minimum absolute atomic E-state index is 0.0763. The van der Waals surface area contributed by atoms with Crippen molar-refractivity contribution in [2.75, 3.05) is 0 Å². The summed E-state index contributed by atoms with van der Waals surface area (Å²) in [5.74, 6) is 1.28. The van der Waals surface area contributed by atoms with E-state index < -0.39 is 5.97 Å². The van der Waals surface area contributed by atoms with Crippen molar-refractivity contribution in [3.05, 3.63) is 34.7 Å². The first-order chi connectivity index (χ1) is 14.8. The Morgan fingerprint density at radius 1 is 1.16 bits per heavy atom. The predicted molar refractivity (Wildman–Crippen MR) is 127 cm³/mol. The SMILES string of the molecule is Cc1ccc2scc(C(=O)N[C@@H]3C[C@H]4C[C@@H]([C@@H]3CCCCCCC(=O)O)C4(C)C)c2c1. The Balaban J connectivity index is 1.41. The van der Waals surface area contributed by atoms with Gasteiger partial charge in [-0.05, 0) is 67.9 Å². The van der Waals surface area contributed by atoms with Gasteiger partial charge in [0.25, 0.3) is 5.91 Å². The van der Waals surface area contributed by atoms with Gasteiger partial charge in [-0.1, -0.05) is 44.7 Å². The number of aliphatic carboxylic acids is 1. The number of nitrogens with one attached hydrogen (secondary N) is 1. The molecule has 3 saturated carbocycles. The standard InChI is InChI=1S/C26H35NO3S/c1-16-10-11-23-19(12-16)20(15-31-23)25(30)27-22-14-17-13-21(26(17,2)3)18(22)8-6-4-5-7-9-24(28)29/h10-12,15,17-18,21-22H,4-9,13-14H2,1-3H3,(H,27,30)(H,28,29)/t17-,18+,21+,22-/m1/s1. The van der Waals surface area contributed by atoms with E-state index in [2.05, 4.69) is 44.3 Å². The molecule has 1 heterocycles. The maximum Gasteiger partial charge on any atom is 0.303 e. The lowest BCUT2D eigenvalue weighted by Crippen LogP contribution is -2.61. The van der Waals surface area contributed by atoms with Crippen molar-refractivity contribution in [1.29, 1.82) is 0 Å². The monoisotopic (exact) mass is 441 g/mol. The van der Waals surface area contributed by atoms with E-state index in [1.807, 2.05) is 5.38 Å². The summed E-state index contributed by atoms with van der Waals surface area (Å²) >= 11 is 1.64. The van der Waals surface area contributed by atoms with Crippen LogP contribution in [0.25, 0.3) is 10.1 Å². The maximum absolute atomic E-state index is 13.2. The molecule has 2 bridgehead atoms. The molecule has 0 spiro atoms. The van der Waals surface area contributed by atoms with E-state index in [4.69, 9.17) is 5.11 Å². The highest BCUT2D eigenvalue weighted by molar-refractivity contribution is 7.17. The van der Waals surface area contributed by atoms with E-state index in [9.17, 15) is 9.59 Å². The minimum atomic E-state index is -0.700. The first kappa shape index (κ1) is 22.3. The zero-order valence-electron chi connectivity index (χ0n) is 18.9. The molecule has 4 atom stereocenters. The molecule has 3 fully saturated rings. The highest BCUT2D eigenvalue weighted by Crippen LogP contribution is 2.62. The van der Waals surface area contributed by atoms with Crippen molar-refractivity contribution in [1.82, 2.24) is 5.32 Å². The first-order valence-electron chi connectivity index (χ1n) is 11.8. The quantitative estimate of drug-likeness (QED) is 0.442. The van der Waals surface area contributed by atoms with Crippen LogP contribution in [0.15, 0.2) is 23.6 Å². The summed E-state index contributed by atoms with van der Waals surface area (Å²) in [5, 5.41) is 15.3. The summed E-state index contributed by atoms with van der Waals surface area (Å²) in [4.78, 5) is 23.9. The number of carbonyl (C=O) groups is 2. The van der Waals surface area contributed by atoms with E-state index in [-0.39, 0.29) is 18.4 Å². The largest absolute Gasteiger partial charge is 0.481 e. The normalized spacial score (nSPS) is 26.4. The molecule has 5 rings (SSSR count). The number of unbranched alkanes of at least 4 members (excludes halogenated alkanes) is 3. The van der Waals surface area contributed by atoms with Gasteiger partial charge in [-0.25, -0.2) is 0 Å². The molecule has 4 nitrogen and oxygen atoms in total. The van der Waals surface area contributed by atoms with Crippen molar-refractivity contribution < 1.29 is 14.7 Å². The number of hydrogen-bond donors (Lipinski definition) is 2. The van der Waals surface area contributed by atoms with Crippen LogP contribution in [0.3, 0.4) is 0 Å². The highest BCUT2D eigenvalue weighted by atomic mass is 32.1. The molecular weight excluding hydrogens is 406 g/mol. The molecular formula is C26H35NO3S. The van der Waals surface area contributed by atoms with Gasteiger partial charge in [0.2, 0.25) is 0 Å². The molecule has 31 heavy (non-hydrogen) atoms. The number of amides is 1. The Bertz CT molecular complexity index is 963. The van der Waals surface area contributed by atoms with Crippen molar-refractivity contribution in [3.63, 3.8) is 0 Å². The number of rotatable bonds is 9. The van der Waals surface area contributed by atoms with Crippen LogP contribution in [-0.2, 0) is 4.79 Å². The van der Waals surface area contributed by atoms with Gasteiger partial charge in [0, 0.05) is 27.9 Å². The molecule has 5 heteroatoms. The van der Waals surface area contributed by atoms with Crippen LogP contribution in [0.2, 0.25) is 0 Å². The van der Waals surface area contributed by atoms with Crippen LogP contribution in [-0.4, -0.2) is 23.0 Å². The molecule has 3 aliphatic carbocycles. The van der Waals surface area contributed by atoms with E-state index >= 15 is 0 Å². The molecule has 0 radical (unpaired) electrons. The van der Waals surface area contributed by atoms with Crippen molar-refractivity contribution >= 4 is 33.3 Å². The number of thiophene rings is 1. The molecule has 168 valence electrons. The molecule has 2 aromatic rings. The van der Waals surface area contributed by atoms with Crippen molar-refractivity contribution in [3.8, 4) is 0 Å². The lowest BCUT2D eigenvalue weighted by atomic mass is 9.44. The minimum Gasteiger partial charge on any atom is -0.481 e. The zero-order chi connectivity index (χ0) is 22.2. The molecule has 0 unspecified atom stereocenters. The molecule has 1 amide bonds. The second-order valence-corrected chi connectivity index (χ2v) is 11.2. The third-order valence-electron chi connectivity index (χ3n) is 8.09. The van der Waals surface area contributed by atoms with Gasteiger partial charge in [0.15, 0.2) is 0 Å². The van der Waals surface area contributed by atoms with Crippen LogP contribution < -0.4 is 5.32 Å². The average Bonchev–Trinajstić information content (AvgIpc) is 3.13. The van der Waals surface area contributed by atoms with Crippen LogP contribution in [0.4, 0.5) is 0 Å². The van der Waals surface area contributed by atoms with Gasteiger partial charge in [-0.2, -0.15) is 0 Å². The average molecular weight is 442 g/mol. The van der Waals surface area contributed by atoms with E-state index in [1.54, 1.807) is 11.3 Å². The Kier molecular flexibility index (Phi) is 6.43. The van der Waals surface area contributed by atoms with Crippen LogP contribution in [0, 0.1) is 30.1 Å². The Morgan fingerprint density at radius 3 is 2.68 bits per heavy atom. The van der Waals surface area contributed by atoms with Gasteiger partial charge >= 0.3 is 5.97 Å². The number of carboxylic acid groups (broad SMARTS) is 1. The Labute approximate surface area is 189 Å². The van der Waals surface area contributed by atoms with Gasteiger partial charge < -0.3 is 10.4 Å². The van der Waals surface area contributed by atoms with Gasteiger partial charge in [-0.3, -0.25) is 9.59 Å². The predicted octanol–water partition coefficient (Wildman–Crippen LogP) is 6.42. The number of carboxylic acids is 1. The lowest BCUT2D eigenvalue weighted by Gasteiger charge is -2.63. The molecule has 0 saturated heterocycles. The molecule has 3 aliphatic rings. The van der Waals surface area contributed by atoms with Crippen LogP contribution in [0.1, 0.15) is 81.1 Å². The number of aryl methyl sites for hydroxylation is 1. The van der Waals surface area contributed by atoms with Gasteiger partial charge in [-0.15, -0.1) is 11.3 Å². The van der Waals surface area contributed by atoms with Crippen LogP contribution >= 0.6 is 11.3 Å². The summed E-state index contributed by atoms with van der Waals surface area (Å²) in [7, 11) is 0. The summed E-state index contributed by atoms with van der Waals surface area (Å²) in [5.41, 5.74) is 2.37.